The molecule has 0 aliphatic rings. The molecule has 21 heavy (non-hydrogen) atoms. The smallest absolute Gasteiger partial charge is 0.227 e. The van der Waals surface area contributed by atoms with E-state index < -0.39 is 0 Å². The second-order valence-electron chi connectivity index (χ2n) is 4.81. The Labute approximate surface area is 124 Å². The molecule has 2 aromatic rings. The highest BCUT2D eigenvalue weighted by Gasteiger charge is 2.09. The number of amides is 1. The third kappa shape index (κ3) is 4.39. The van der Waals surface area contributed by atoms with Crippen LogP contribution in [-0.4, -0.2) is 19.5 Å². The molecule has 1 amide bonds. The molecule has 0 heterocycles. The van der Waals surface area contributed by atoms with E-state index in [1.807, 2.05) is 30.3 Å². The van der Waals surface area contributed by atoms with Gasteiger partial charge in [0.1, 0.15) is 5.82 Å². The van der Waals surface area contributed by atoms with Crippen molar-refractivity contribution in [2.45, 2.75) is 13.0 Å². The van der Waals surface area contributed by atoms with Gasteiger partial charge < -0.3 is 10.2 Å². The van der Waals surface area contributed by atoms with Crippen molar-refractivity contribution in [2.24, 2.45) is 0 Å². The average Bonchev–Trinajstić information content (AvgIpc) is 2.53. The molecule has 0 saturated carbocycles. The first-order chi connectivity index (χ1) is 10.2. The van der Waals surface area contributed by atoms with Gasteiger partial charge in [-0.2, -0.15) is 0 Å². The zero-order chi connectivity index (χ0) is 15.1. The summed E-state index contributed by atoms with van der Waals surface area (Å²) in [6.45, 7) is 0.944. The summed E-state index contributed by atoms with van der Waals surface area (Å²) in [6, 6.07) is 16.1. The van der Waals surface area contributed by atoms with Gasteiger partial charge in [0.15, 0.2) is 0 Å². The Bertz CT molecular complexity index is 586. The summed E-state index contributed by atoms with van der Waals surface area (Å²) in [5.74, 6) is -0.194. The summed E-state index contributed by atoms with van der Waals surface area (Å²) in [6.07, 6.45) is 0.375. The first-order valence-corrected chi connectivity index (χ1v) is 6.94. The minimum atomic E-state index is -0.224. The van der Waals surface area contributed by atoms with Crippen LogP contribution in [0.1, 0.15) is 12.0 Å². The molecule has 0 aliphatic carbocycles. The fourth-order valence-electron chi connectivity index (χ4n) is 2.02. The lowest BCUT2D eigenvalue weighted by Gasteiger charge is -2.17. The number of para-hydroxylation sites is 1. The van der Waals surface area contributed by atoms with E-state index in [9.17, 15) is 9.18 Å². The third-order valence-electron chi connectivity index (χ3n) is 3.31. The number of hydrogen-bond donors (Lipinski definition) is 1. The maximum absolute atomic E-state index is 13.4. The van der Waals surface area contributed by atoms with E-state index in [0.717, 1.165) is 5.69 Å². The number of anilines is 1. The zero-order valence-corrected chi connectivity index (χ0v) is 12.1. The van der Waals surface area contributed by atoms with Crippen molar-refractivity contribution in [1.29, 1.82) is 0 Å². The lowest BCUT2D eigenvalue weighted by Crippen LogP contribution is -2.29. The van der Waals surface area contributed by atoms with Crippen molar-refractivity contribution in [2.75, 3.05) is 18.5 Å². The molecule has 0 radical (unpaired) electrons. The molecule has 3 nitrogen and oxygen atoms in total. The van der Waals surface area contributed by atoms with E-state index in [1.165, 1.54) is 6.07 Å². The Morgan fingerprint density at radius 1 is 1.10 bits per heavy atom. The van der Waals surface area contributed by atoms with Crippen LogP contribution in [0.5, 0.6) is 0 Å². The molecular weight excluding hydrogens is 267 g/mol. The number of nitrogens with zero attached hydrogens (tertiary/aromatic N) is 1. The van der Waals surface area contributed by atoms with Crippen molar-refractivity contribution in [3.8, 4) is 0 Å². The predicted octanol–water partition coefficient (Wildman–Crippen LogP) is 2.97. The van der Waals surface area contributed by atoms with Gasteiger partial charge in [0.25, 0.3) is 0 Å². The monoisotopic (exact) mass is 286 g/mol. The van der Waals surface area contributed by atoms with E-state index in [0.29, 0.717) is 25.1 Å². The maximum Gasteiger partial charge on any atom is 0.227 e. The largest absolute Gasteiger partial charge is 0.315 e. The van der Waals surface area contributed by atoms with Crippen LogP contribution in [0.15, 0.2) is 54.6 Å². The van der Waals surface area contributed by atoms with Crippen molar-refractivity contribution in [3.63, 3.8) is 0 Å². The Hall–Kier alpha value is -2.20. The molecule has 0 saturated heterocycles. The van der Waals surface area contributed by atoms with Gasteiger partial charge in [0.05, 0.1) is 0 Å². The molecule has 0 unspecified atom stereocenters. The molecule has 4 heteroatoms. The first-order valence-electron chi connectivity index (χ1n) is 6.94. The molecule has 0 fully saturated rings. The maximum atomic E-state index is 13.4. The minimum absolute atomic E-state index is 0.0298. The second-order valence-corrected chi connectivity index (χ2v) is 4.81. The van der Waals surface area contributed by atoms with Crippen LogP contribution < -0.4 is 10.2 Å². The summed E-state index contributed by atoms with van der Waals surface area (Å²) in [4.78, 5) is 13.7. The van der Waals surface area contributed by atoms with Crippen molar-refractivity contribution >= 4 is 11.6 Å². The van der Waals surface area contributed by atoms with Crippen LogP contribution in [0.2, 0.25) is 0 Å². The van der Waals surface area contributed by atoms with E-state index in [-0.39, 0.29) is 11.7 Å². The quantitative estimate of drug-likeness (QED) is 0.828. The van der Waals surface area contributed by atoms with E-state index in [1.54, 1.807) is 30.1 Å². The fraction of sp³-hybridized carbons (Fsp3) is 0.235. The van der Waals surface area contributed by atoms with Crippen molar-refractivity contribution < 1.29 is 9.18 Å². The molecule has 2 rings (SSSR count). The van der Waals surface area contributed by atoms with Gasteiger partial charge in [-0.25, -0.2) is 4.39 Å². The predicted molar refractivity (Wildman–Crippen MR) is 82.6 cm³/mol. The van der Waals surface area contributed by atoms with E-state index in [2.05, 4.69) is 5.32 Å². The Morgan fingerprint density at radius 3 is 2.48 bits per heavy atom. The molecule has 110 valence electrons. The van der Waals surface area contributed by atoms with Gasteiger partial charge in [-0.05, 0) is 18.2 Å². The number of rotatable bonds is 6. The topological polar surface area (TPSA) is 32.3 Å². The van der Waals surface area contributed by atoms with Gasteiger partial charge in [-0.15, -0.1) is 0 Å². The number of carbonyl (C=O) groups is 1. The fourth-order valence-corrected chi connectivity index (χ4v) is 2.02. The normalized spacial score (nSPS) is 10.4. The van der Waals surface area contributed by atoms with Crippen LogP contribution in [0.3, 0.4) is 0 Å². The number of halogens is 1. The van der Waals surface area contributed by atoms with E-state index in [4.69, 9.17) is 0 Å². The SMILES string of the molecule is CN(C(=O)CCNCc1ccccc1F)c1ccccc1. The standard InChI is InChI=1S/C17H19FN2O/c1-20(15-8-3-2-4-9-15)17(21)11-12-19-13-14-7-5-6-10-16(14)18/h2-10,19H,11-13H2,1H3. The summed E-state index contributed by atoms with van der Waals surface area (Å²) in [7, 11) is 1.76. The molecule has 0 bridgehead atoms. The van der Waals surface area contributed by atoms with Crippen molar-refractivity contribution in [3.05, 3.63) is 66.0 Å². The first kappa shape index (κ1) is 15.2. The summed E-state index contributed by atoms with van der Waals surface area (Å²) < 4.78 is 13.4. The third-order valence-corrected chi connectivity index (χ3v) is 3.31. The number of benzene rings is 2. The van der Waals surface area contributed by atoms with Crippen LogP contribution in [0.4, 0.5) is 10.1 Å². The van der Waals surface area contributed by atoms with E-state index >= 15 is 0 Å². The molecule has 0 aliphatic heterocycles. The van der Waals surface area contributed by atoms with Crippen LogP contribution >= 0.6 is 0 Å². The molecular formula is C17H19FN2O. The molecule has 0 aromatic heterocycles. The van der Waals surface area contributed by atoms with Gasteiger partial charge >= 0.3 is 0 Å². The van der Waals surface area contributed by atoms with Crippen LogP contribution in [-0.2, 0) is 11.3 Å². The average molecular weight is 286 g/mol. The summed E-state index contributed by atoms with van der Waals surface area (Å²) >= 11 is 0. The van der Waals surface area contributed by atoms with Gasteiger partial charge in [0, 0.05) is 37.8 Å². The van der Waals surface area contributed by atoms with Gasteiger partial charge in [0.2, 0.25) is 5.91 Å². The van der Waals surface area contributed by atoms with Crippen LogP contribution in [0.25, 0.3) is 0 Å². The summed E-state index contributed by atoms with van der Waals surface area (Å²) in [5.41, 5.74) is 1.48. The van der Waals surface area contributed by atoms with Crippen molar-refractivity contribution in [1.82, 2.24) is 5.32 Å². The Morgan fingerprint density at radius 2 is 1.76 bits per heavy atom. The molecule has 0 atom stereocenters. The number of carbonyl (C=O) groups excluding carboxylic acids is 1. The Kier molecular flexibility index (Phi) is 5.46. The minimum Gasteiger partial charge on any atom is -0.315 e. The lowest BCUT2D eigenvalue weighted by molar-refractivity contribution is -0.118. The van der Waals surface area contributed by atoms with Gasteiger partial charge in [-0.3, -0.25) is 4.79 Å². The summed E-state index contributed by atoms with van der Waals surface area (Å²) in [5, 5.41) is 3.09. The second kappa shape index (κ2) is 7.55. The molecule has 1 N–H and O–H groups in total. The molecule has 0 spiro atoms. The van der Waals surface area contributed by atoms with Crippen LogP contribution in [0, 0.1) is 5.82 Å². The lowest BCUT2D eigenvalue weighted by atomic mass is 10.2. The number of hydrogen-bond acceptors (Lipinski definition) is 2. The van der Waals surface area contributed by atoms with Gasteiger partial charge in [-0.1, -0.05) is 36.4 Å². The highest BCUT2D eigenvalue weighted by molar-refractivity contribution is 5.92. The molecule has 2 aromatic carbocycles. The Balaban J connectivity index is 1.76. The number of nitrogens with one attached hydrogen (secondary N) is 1. The zero-order valence-electron chi connectivity index (χ0n) is 12.1. The highest BCUT2D eigenvalue weighted by Crippen LogP contribution is 2.12. The highest BCUT2D eigenvalue weighted by atomic mass is 19.1.